The van der Waals surface area contributed by atoms with Crippen LogP contribution in [0.1, 0.15) is 43.9 Å². The summed E-state index contributed by atoms with van der Waals surface area (Å²) in [6.07, 6.45) is 6.63. The summed E-state index contributed by atoms with van der Waals surface area (Å²) in [5.41, 5.74) is 1.44. The smallest absolute Gasteiger partial charge is 0.0994 e. The van der Waals surface area contributed by atoms with Crippen LogP contribution in [0.2, 0.25) is 0 Å². The summed E-state index contributed by atoms with van der Waals surface area (Å²) in [5, 5.41) is 15.4. The van der Waals surface area contributed by atoms with Crippen molar-refractivity contribution in [3.05, 3.63) is 53.9 Å². The van der Waals surface area contributed by atoms with E-state index in [0.29, 0.717) is 18.5 Å². The number of likely N-dealkylation sites (tertiary alicyclic amines) is 1. The topological polar surface area (TPSA) is 44.5 Å². The maximum Gasteiger partial charge on any atom is 0.0994 e. The molecular weight excluding hydrogens is 336 g/mol. The van der Waals surface area contributed by atoms with Crippen molar-refractivity contribution < 1.29 is 5.11 Å². The molecule has 0 amide bonds. The minimum absolute atomic E-state index is 0.404. The highest BCUT2D eigenvalue weighted by Gasteiger charge is 2.34. The Morgan fingerprint density at radius 2 is 2.04 bits per heavy atom. The Morgan fingerprint density at radius 3 is 2.67 bits per heavy atom. The maximum absolute atomic E-state index is 11.0. The van der Waals surface area contributed by atoms with E-state index in [1.807, 2.05) is 55.2 Å². The summed E-state index contributed by atoms with van der Waals surface area (Å²) in [7, 11) is 4.11. The molecule has 1 saturated heterocycles. The van der Waals surface area contributed by atoms with E-state index in [-0.39, 0.29) is 0 Å². The molecule has 0 radical (unpaired) electrons. The Morgan fingerprint density at radius 1 is 1.30 bits per heavy atom. The van der Waals surface area contributed by atoms with Crippen LogP contribution in [0.15, 0.2) is 42.7 Å². The summed E-state index contributed by atoms with van der Waals surface area (Å²) in [5.74, 6) is 0.541. The zero-order valence-electron chi connectivity index (χ0n) is 17.2. The van der Waals surface area contributed by atoms with Gasteiger partial charge >= 0.3 is 0 Å². The highest BCUT2D eigenvalue weighted by Crippen LogP contribution is 2.36. The van der Waals surface area contributed by atoms with Crippen molar-refractivity contribution >= 4 is 0 Å². The van der Waals surface area contributed by atoms with Crippen molar-refractivity contribution in [2.45, 2.75) is 38.3 Å². The van der Waals surface area contributed by atoms with Gasteiger partial charge in [-0.25, -0.2) is 0 Å². The third-order valence-electron chi connectivity index (χ3n) is 5.85. The van der Waals surface area contributed by atoms with Crippen LogP contribution in [0, 0.1) is 5.92 Å². The van der Waals surface area contributed by atoms with Gasteiger partial charge in [0.25, 0.3) is 0 Å². The number of aryl methyl sites for hydroxylation is 1. The average molecular weight is 371 g/mol. The van der Waals surface area contributed by atoms with Gasteiger partial charge in [0.15, 0.2) is 0 Å². The van der Waals surface area contributed by atoms with Crippen molar-refractivity contribution in [2.75, 3.05) is 33.2 Å². The lowest BCUT2D eigenvalue weighted by molar-refractivity contribution is 0.00748. The van der Waals surface area contributed by atoms with Crippen LogP contribution in [0.4, 0.5) is 0 Å². The molecule has 0 unspecified atom stereocenters. The largest absolute Gasteiger partial charge is 0.384 e. The molecule has 5 heteroatoms. The molecule has 3 rings (SSSR count). The normalized spacial score (nSPS) is 23.5. The second-order valence-corrected chi connectivity index (χ2v) is 8.26. The van der Waals surface area contributed by atoms with Gasteiger partial charge in [0.1, 0.15) is 0 Å². The molecule has 1 aromatic carbocycles. The first kappa shape index (κ1) is 20.1. The molecule has 27 heavy (non-hydrogen) atoms. The molecule has 1 fully saturated rings. The maximum atomic E-state index is 11.0. The van der Waals surface area contributed by atoms with Gasteiger partial charge in [0.2, 0.25) is 0 Å². The molecule has 2 aromatic rings. The quantitative estimate of drug-likeness (QED) is 0.814. The van der Waals surface area contributed by atoms with E-state index < -0.39 is 5.60 Å². The van der Waals surface area contributed by atoms with Crippen molar-refractivity contribution in [2.24, 2.45) is 13.0 Å². The summed E-state index contributed by atoms with van der Waals surface area (Å²) >= 11 is 0. The van der Waals surface area contributed by atoms with E-state index in [2.05, 4.69) is 35.1 Å². The van der Waals surface area contributed by atoms with Gasteiger partial charge in [0, 0.05) is 37.9 Å². The number of benzene rings is 1. The Balaban J connectivity index is 1.72. The van der Waals surface area contributed by atoms with Crippen LogP contribution in [0.3, 0.4) is 0 Å². The molecule has 0 saturated carbocycles. The van der Waals surface area contributed by atoms with Gasteiger partial charge in [-0.15, -0.1) is 0 Å². The van der Waals surface area contributed by atoms with Crippen LogP contribution in [-0.4, -0.2) is 57.9 Å². The van der Waals surface area contributed by atoms with Crippen molar-refractivity contribution in [3.8, 4) is 0 Å². The molecule has 3 atom stereocenters. The zero-order valence-corrected chi connectivity index (χ0v) is 17.2. The first-order valence-corrected chi connectivity index (χ1v) is 10.1. The lowest BCUT2D eigenvalue weighted by Gasteiger charge is -2.42. The van der Waals surface area contributed by atoms with Gasteiger partial charge in [-0.1, -0.05) is 37.3 Å². The molecule has 1 N–H and O–H groups in total. The van der Waals surface area contributed by atoms with Gasteiger partial charge in [-0.2, -0.15) is 5.10 Å². The lowest BCUT2D eigenvalue weighted by atomic mass is 9.85. The SMILES string of the molecule is CCN1CCC[C@@H](CN(C)C[C@](C)(O)c2ccccc2)[C@@H]1c1cnn(C)c1. The predicted molar refractivity (Wildman–Crippen MR) is 109 cm³/mol. The summed E-state index contributed by atoms with van der Waals surface area (Å²) in [4.78, 5) is 4.87. The Bertz CT molecular complexity index is 712. The van der Waals surface area contributed by atoms with E-state index >= 15 is 0 Å². The molecular formula is C22H34N4O. The number of hydrogen-bond acceptors (Lipinski definition) is 4. The Labute approximate surface area is 163 Å². The van der Waals surface area contributed by atoms with Gasteiger partial charge in [-0.05, 0) is 51.4 Å². The van der Waals surface area contributed by atoms with Gasteiger partial charge < -0.3 is 10.0 Å². The van der Waals surface area contributed by atoms with E-state index in [4.69, 9.17) is 0 Å². The number of likely N-dealkylation sites (N-methyl/N-ethyl adjacent to an activating group) is 1. The lowest BCUT2D eigenvalue weighted by Crippen LogP contribution is -2.45. The average Bonchev–Trinajstić information content (AvgIpc) is 3.07. The van der Waals surface area contributed by atoms with Gasteiger partial charge in [-0.3, -0.25) is 9.58 Å². The highest BCUT2D eigenvalue weighted by molar-refractivity contribution is 5.22. The van der Waals surface area contributed by atoms with Crippen LogP contribution in [0.5, 0.6) is 0 Å². The fraction of sp³-hybridized carbons (Fsp3) is 0.591. The van der Waals surface area contributed by atoms with Crippen molar-refractivity contribution in [1.29, 1.82) is 0 Å². The van der Waals surface area contributed by atoms with E-state index in [9.17, 15) is 5.11 Å². The third kappa shape index (κ3) is 4.78. The van der Waals surface area contributed by atoms with E-state index in [1.54, 1.807) is 0 Å². The van der Waals surface area contributed by atoms with E-state index in [1.165, 1.54) is 18.4 Å². The fourth-order valence-corrected chi connectivity index (χ4v) is 4.65. The second-order valence-electron chi connectivity index (χ2n) is 8.26. The summed E-state index contributed by atoms with van der Waals surface area (Å²) in [6.45, 7) is 7.96. The third-order valence-corrected chi connectivity index (χ3v) is 5.85. The molecule has 2 heterocycles. The standard InChI is InChI=1S/C22H34N4O/c1-5-26-13-9-10-18(21(26)19-14-23-25(4)16-19)15-24(3)17-22(2,27)20-11-7-6-8-12-20/h6-8,11-12,14,16,18,21,27H,5,9-10,13,15,17H2,1-4H3/t18-,21+,22-/m0/s1. The first-order valence-electron chi connectivity index (χ1n) is 10.1. The molecule has 1 aromatic heterocycles. The van der Waals surface area contributed by atoms with E-state index in [0.717, 1.165) is 25.2 Å². The van der Waals surface area contributed by atoms with Gasteiger partial charge in [0.05, 0.1) is 11.8 Å². The minimum Gasteiger partial charge on any atom is -0.384 e. The van der Waals surface area contributed by atoms with Crippen molar-refractivity contribution in [1.82, 2.24) is 19.6 Å². The predicted octanol–water partition coefficient (Wildman–Crippen LogP) is 3.03. The molecule has 0 spiro atoms. The Hall–Kier alpha value is -1.69. The number of hydrogen-bond donors (Lipinski definition) is 1. The first-order chi connectivity index (χ1) is 12.9. The Kier molecular flexibility index (Phi) is 6.35. The van der Waals surface area contributed by atoms with Crippen LogP contribution in [0.25, 0.3) is 0 Å². The molecule has 0 bridgehead atoms. The number of nitrogens with zero attached hydrogens (tertiary/aromatic N) is 4. The van der Waals surface area contributed by atoms with Crippen molar-refractivity contribution in [3.63, 3.8) is 0 Å². The summed E-state index contributed by atoms with van der Waals surface area (Å²) in [6, 6.07) is 10.4. The van der Waals surface area contributed by atoms with Crippen LogP contribution in [-0.2, 0) is 12.6 Å². The zero-order chi connectivity index (χ0) is 19.4. The van der Waals surface area contributed by atoms with Crippen LogP contribution >= 0.6 is 0 Å². The monoisotopic (exact) mass is 370 g/mol. The number of piperidine rings is 1. The molecule has 0 aliphatic carbocycles. The number of rotatable bonds is 7. The summed E-state index contributed by atoms with van der Waals surface area (Å²) < 4.78 is 1.90. The molecule has 5 nitrogen and oxygen atoms in total. The number of aliphatic hydroxyl groups is 1. The number of aromatic nitrogens is 2. The second kappa shape index (κ2) is 8.55. The fourth-order valence-electron chi connectivity index (χ4n) is 4.65. The molecule has 1 aliphatic rings. The van der Waals surface area contributed by atoms with Crippen LogP contribution < -0.4 is 0 Å². The minimum atomic E-state index is -0.848. The molecule has 1 aliphatic heterocycles. The highest BCUT2D eigenvalue weighted by atomic mass is 16.3. The molecule has 148 valence electrons.